The van der Waals surface area contributed by atoms with Crippen LogP contribution in [0.2, 0.25) is 0 Å². The first kappa shape index (κ1) is 6.89. The molecule has 0 aliphatic heterocycles. The van der Waals surface area contributed by atoms with Crippen LogP contribution in [0.25, 0.3) is 0 Å². The van der Waals surface area contributed by atoms with Crippen LogP contribution in [0.3, 0.4) is 0 Å². The van der Waals surface area contributed by atoms with Gasteiger partial charge < -0.3 is 5.32 Å². The molecule has 0 spiro atoms. The van der Waals surface area contributed by atoms with E-state index in [0.29, 0.717) is 0 Å². The molecule has 64 valence electrons. The topological polar surface area (TPSA) is 24.9 Å². The number of anilines is 1. The number of rotatable bonds is 3. The van der Waals surface area contributed by atoms with E-state index in [9.17, 15) is 0 Å². The summed E-state index contributed by atoms with van der Waals surface area (Å²) in [5.41, 5.74) is 1.32. The Balaban J connectivity index is 1.72. The highest BCUT2D eigenvalue weighted by Crippen LogP contribution is 2.41. The van der Waals surface area contributed by atoms with Crippen molar-refractivity contribution in [3.05, 3.63) is 11.1 Å². The Hall–Kier alpha value is -0.570. The monoisotopic (exact) mass is 180 g/mol. The van der Waals surface area contributed by atoms with Gasteiger partial charge in [-0.25, -0.2) is 4.98 Å². The van der Waals surface area contributed by atoms with Gasteiger partial charge in [-0.3, -0.25) is 0 Å². The first-order valence-corrected chi connectivity index (χ1v) is 5.52. The molecule has 2 aliphatic rings. The maximum Gasteiger partial charge on any atom is 0.183 e. The average Bonchev–Trinajstić information content (AvgIpc) is 2.92. The standard InChI is InChI=1S/C9H12N2S/c1-2-6(1)8-5-12-9(11-8)10-7-3-4-7/h5-7H,1-4H2,(H,10,11). The quantitative estimate of drug-likeness (QED) is 0.773. The summed E-state index contributed by atoms with van der Waals surface area (Å²) in [5, 5.41) is 6.78. The lowest BCUT2D eigenvalue weighted by atomic mass is 10.3. The van der Waals surface area contributed by atoms with E-state index in [4.69, 9.17) is 0 Å². The Morgan fingerprint density at radius 2 is 2.17 bits per heavy atom. The molecule has 1 aromatic heterocycles. The van der Waals surface area contributed by atoms with E-state index in [1.165, 1.54) is 31.4 Å². The van der Waals surface area contributed by atoms with Gasteiger partial charge >= 0.3 is 0 Å². The maximum atomic E-state index is 4.56. The molecule has 2 nitrogen and oxygen atoms in total. The number of aromatic nitrogens is 1. The molecule has 0 atom stereocenters. The number of nitrogens with zero attached hydrogens (tertiary/aromatic N) is 1. The van der Waals surface area contributed by atoms with Gasteiger partial charge in [0.25, 0.3) is 0 Å². The molecule has 0 aromatic carbocycles. The zero-order chi connectivity index (χ0) is 7.97. The molecule has 2 fully saturated rings. The van der Waals surface area contributed by atoms with Crippen molar-refractivity contribution in [2.45, 2.75) is 37.6 Å². The summed E-state index contributed by atoms with van der Waals surface area (Å²) in [5.74, 6) is 0.802. The number of hydrogen-bond donors (Lipinski definition) is 1. The fraction of sp³-hybridized carbons (Fsp3) is 0.667. The van der Waals surface area contributed by atoms with Gasteiger partial charge in [0.05, 0.1) is 5.69 Å². The van der Waals surface area contributed by atoms with Crippen LogP contribution in [0.1, 0.15) is 37.3 Å². The van der Waals surface area contributed by atoms with E-state index < -0.39 is 0 Å². The molecule has 0 bridgehead atoms. The van der Waals surface area contributed by atoms with E-state index >= 15 is 0 Å². The number of thiazole rings is 1. The third kappa shape index (κ3) is 1.33. The van der Waals surface area contributed by atoms with Crippen molar-refractivity contribution in [1.82, 2.24) is 4.98 Å². The highest BCUT2D eigenvalue weighted by molar-refractivity contribution is 7.13. The second-order valence-electron chi connectivity index (χ2n) is 3.77. The lowest BCUT2D eigenvalue weighted by Crippen LogP contribution is -1.99. The van der Waals surface area contributed by atoms with Crippen molar-refractivity contribution in [2.24, 2.45) is 0 Å². The van der Waals surface area contributed by atoms with Crippen molar-refractivity contribution < 1.29 is 0 Å². The lowest BCUT2D eigenvalue weighted by molar-refractivity contribution is 1.04. The summed E-state index contributed by atoms with van der Waals surface area (Å²) >= 11 is 1.76. The molecule has 3 heteroatoms. The minimum Gasteiger partial charge on any atom is -0.359 e. The molecule has 0 radical (unpaired) electrons. The van der Waals surface area contributed by atoms with Crippen LogP contribution >= 0.6 is 11.3 Å². The summed E-state index contributed by atoms with van der Waals surface area (Å²) in [6.45, 7) is 0. The van der Waals surface area contributed by atoms with Crippen LogP contribution in [0.5, 0.6) is 0 Å². The van der Waals surface area contributed by atoms with Gasteiger partial charge in [-0.15, -0.1) is 11.3 Å². The van der Waals surface area contributed by atoms with Crippen LogP contribution in [0.15, 0.2) is 5.38 Å². The first-order valence-electron chi connectivity index (χ1n) is 4.64. The summed E-state index contributed by atoms with van der Waals surface area (Å²) < 4.78 is 0. The Morgan fingerprint density at radius 1 is 1.33 bits per heavy atom. The average molecular weight is 180 g/mol. The second kappa shape index (κ2) is 2.46. The van der Waals surface area contributed by atoms with E-state index in [0.717, 1.165) is 17.1 Å². The van der Waals surface area contributed by atoms with E-state index in [2.05, 4.69) is 15.7 Å². The SMILES string of the molecule is c1sc(NC2CC2)nc1C1CC1. The molecule has 1 N–H and O–H groups in total. The minimum atomic E-state index is 0.739. The predicted molar refractivity (Wildman–Crippen MR) is 50.7 cm³/mol. The molecule has 1 heterocycles. The van der Waals surface area contributed by atoms with Gasteiger partial charge in [-0.1, -0.05) is 0 Å². The summed E-state index contributed by atoms with van der Waals surface area (Å²) in [4.78, 5) is 4.56. The van der Waals surface area contributed by atoms with Crippen LogP contribution in [-0.4, -0.2) is 11.0 Å². The summed E-state index contributed by atoms with van der Waals surface area (Å²) in [6, 6.07) is 0.739. The number of nitrogens with one attached hydrogen (secondary N) is 1. The Bertz CT molecular complexity index is 286. The molecule has 2 aliphatic carbocycles. The summed E-state index contributed by atoms with van der Waals surface area (Å²) in [6.07, 6.45) is 5.37. The molecular weight excluding hydrogens is 168 g/mol. The van der Waals surface area contributed by atoms with E-state index in [1.807, 2.05) is 0 Å². The maximum absolute atomic E-state index is 4.56. The Morgan fingerprint density at radius 3 is 2.83 bits per heavy atom. The van der Waals surface area contributed by atoms with Gasteiger partial charge in [-0.2, -0.15) is 0 Å². The predicted octanol–water partition coefficient (Wildman–Crippen LogP) is 2.59. The van der Waals surface area contributed by atoms with Crippen molar-refractivity contribution in [2.75, 3.05) is 5.32 Å². The lowest BCUT2D eigenvalue weighted by Gasteiger charge is -1.95. The second-order valence-corrected chi connectivity index (χ2v) is 4.63. The molecule has 12 heavy (non-hydrogen) atoms. The molecule has 0 unspecified atom stereocenters. The van der Waals surface area contributed by atoms with Gasteiger partial charge in [0, 0.05) is 17.3 Å². The molecular formula is C9H12N2S. The largest absolute Gasteiger partial charge is 0.359 e. The fourth-order valence-corrected chi connectivity index (χ4v) is 2.19. The zero-order valence-electron chi connectivity index (χ0n) is 6.92. The minimum absolute atomic E-state index is 0.739. The van der Waals surface area contributed by atoms with E-state index in [1.54, 1.807) is 11.3 Å². The molecule has 0 saturated heterocycles. The van der Waals surface area contributed by atoms with E-state index in [-0.39, 0.29) is 0 Å². The normalized spacial score (nSPS) is 22.7. The van der Waals surface area contributed by atoms with Gasteiger partial charge in [-0.05, 0) is 25.7 Å². The number of hydrogen-bond acceptors (Lipinski definition) is 3. The third-order valence-electron chi connectivity index (χ3n) is 2.42. The molecule has 0 amide bonds. The van der Waals surface area contributed by atoms with Crippen molar-refractivity contribution in [3.8, 4) is 0 Å². The molecule has 1 aromatic rings. The third-order valence-corrected chi connectivity index (χ3v) is 3.21. The van der Waals surface area contributed by atoms with Gasteiger partial charge in [0.15, 0.2) is 5.13 Å². The smallest absolute Gasteiger partial charge is 0.183 e. The van der Waals surface area contributed by atoms with Gasteiger partial charge in [0.2, 0.25) is 0 Å². The molecule has 3 rings (SSSR count). The fourth-order valence-electron chi connectivity index (χ4n) is 1.32. The summed E-state index contributed by atoms with van der Waals surface area (Å²) in [7, 11) is 0. The van der Waals surface area contributed by atoms with Gasteiger partial charge in [0.1, 0.15) is 0 Å². The molecule has 2 saturated carbocycles. The van der Waals surface area contributed by atoms with Crippen molar-refractivity contribution in [3.63, 3.8) is 0 Å². The first-order chi connectivity index (χ1) is 5.92. The highest BCUT2D eigenvalue weighted by atomic mass is 32.1. The van der Waals surface area contributed by atoms with Crippen LogP contribution < -0.4 is 5.32 Å². The van der Waals surface area contributed by atoms with Crippen LogP contribution in [0, 0.1) is 0 Å². The van der Waals surface area contributed by atoms with Crippen molar-refractivity contribution in [1.29, 1.82) is 0 Å². The van der Waals surface area contributed by atoms with Crippen LogP contribution in [-0.2, 0) is 0 Å². The highest BCUT2D eigenvalue weighted by Gasteiger charge is 2.27. The van der Waals surface area contributed by atoms with Crippen LogP contribution in [0.4, 0.5) is 5.13 Å². The van der Waals surface area contributed by atoms with Crippen molar-refractivity contribution >= 4 is 16.5 Å². The zero-order valence-corrected chi connectivity index (χ0v) is 7.73. The Labute approximate surface area is 76.0 Å². The Kier molecular flexibility index (Phi) is 1.41.